The third-order valence-corrected chi connectivity index (χ3v) is 5.62. The van der Waals surface area contributed by atoms with Gasteiger partial charge in [-0.05, 0) is 35.9 Å². The lowest BCUT2D eigenvalue weighted by Gasteiger charge is -2.23. The highest BCUT2D eigenvalue weighted by atomic mass is 19.4. The lowest BCUT2D eigenvalue weighted by atomic mass is 9.83. The largest absolute Gasteiger partial charge is 0.416 e. The molecule has 2 heterocycles. The van der Waals surface area contributed by atoms with E-state index in [1.807, 2.05) is 79.9 Å². The Morgan fingerprint density at radius 3 is 2.52 bits per heavy atom. The van der Waals surface area contributed by atoms with E-state index in [-0.39, 0.29) is 0 Å². The number of hydrogen-bond acceptors (Lipinski definition) is 2. The second-order valence-corrected chi connectivity index (χ2v) is 7.79. The van der Waals surface area contributed by atoms with Crippen molar-refractivity contribution < 1.29 is 22.2 Å². The van der Waals surface area contributed by atoms with Gasteiger partial charge in [-0.1, -0.05) is 32.1 Å². The van der Waals surface area contributed by atoms with E-state index in [9.17, 15) is 13.2 Å². The number of rotatable bonds is 2. The average Bonchev–Trinajstić information content (AvgIpc) is 3.08. The number of halogens is 3. The Labute approximate surface area is 167 Å². The van der Waals surface area contributed by atoms with Crippen LogP contribution in [-0.2, 0) is 18.6 Å². The molecular formula is C23H22F3N2O+. The van der Waals surface area contributed by atoms with Gasteiger partial charge < -0.3 is 9.32 Å². The SMILES string of the molecule is CN1/C(=C/C=C/c2oc3ccccc3[n+]2C)C(C)(C)c2cc(C(F)(F)F)ccc21. The fourth-order valence-electron chi connectivity index (χ4n) is 4.00. The van der Waals surface area contributed by atoms with Gasteiger partial charge in [-0.15, -0.1) is 0 Å². The van der Waals surface area contributed by atoms with Crippen LogP contribution in [0.25, 0.3) is 17.2 Å². The smallest absolute Gasteiger partial charge is 0.398 e. The molecule has 3 nitrogen and oxygen atoms in total. The van der Waals surface area contributed by atoms with Crippen LogP contribution in [0.1, 0.15) is 30.9 Å². The first kappa shape index (κ1) is 19.3. The number of aromatic nitrogens is 1. The Bertz CT molecular complexity index is 1150. The first-order valence-electron chi connectivity index (χ1n) is 9.32. The Hall–Kier alpha value is -3.02. The van der Waals surface area contributed by atoms with Gasteiger partial charge in [0, 0.05) is 29.9 Å². The molecule has 0 bridgehead atoms. The van der Waals surface area contributed by atoms with Gasteiger partial charge in [0.05, 0.1) is 11.6 Å². The molecule has 2 aromatic carbocycles. The van der Waals surface area contributed by atoms with Crippen LogP contribution in [0.15, 0.2) is 64.7 Å². The first-order chi connectivity index (χ1) is 13.6. The van der Waals surface area contributed by atoms with Crippen molar-refractivity contribution in [2.24, 2.45) is 7.05 Å². The maximum Gasteiger partial charge on any atom is 0.416 e. The molecule has 0 atom stereocenters. The summed E-state index contributed by atoms with van der Waals surface area (Å²) in [5.74, 6) is 0.693. The zero-order chi connectivity index (χ0) is 21.0. The molecule has 0 saturated carbocycles. The van der Waals surface area contributed by atoms with Crippen LogP contribution in [0.3, 0.4) is 0 Å². The van der Waals surface area contributed by atoms with Crippen molar-refractivity contribution in [3.05, 3.63) is 77.3 Å². The molecule has 0 aliphatic carbocycles. The van der Waals surface area contributed by atoms with E-state index >= 15 is 0 Å². The highest BCUT2D eigenvalue weighted by Crippen LogP contribution is 2.48. The molecule has 0 unspecified atom stereocenters. The van der Waals surface area contributed by atoms with Crippen LogP contribution >= 0.6 is 0 Å². The number of allylic oxidation sites excluding steroid dienone is 3. The number of hydrogen-bond donors (Lipinski definition) is 0. The normalized spacial score (nSPS) is 17.6. The number of nitrogens with zero attached hydrogens (tertiary/aromatic N) is 2. The van der Waals surface area contributed by atoms with E-state index in [1.165, 1.54) is 6.07 Å². The summed E-state index contributed by atoms with van der Waals surface area (Å²) < 4.78 is 47.3. The third-order valence-electron chi connectivity index (χ3n) is 5.62. The highest BCUT2D eigenvalue weighted by Gasteiger charge is 2.40. The summed E-state index contributed by atoms with van der Waals surface area (Å²) in [5.41, 5.74) is 3.00. The van der Waals surface area contributed by atoms with Crippen LogP contribution in [0, 0.1) is 0 Å². The van der Waals surface area contributed by atoms with E-state index in [1.54, 1.807) is 6.07 Å². The summed E-state index contributed by atoms with van der Waals surface area (Å²) in [7, 11) is 3.81. The van der Waals surface area contributed by atoms with Crippen molar-refractivity contribution in [1.82, 2.24) is 0 Å². The number of anilines is 1. The number of oxazole rings is 1. The average molecular weight is 399 g/mol. The van der Waals surface area contributed by atoms with E-state index < -0.39 is 17.2 Å². The monoisotopic (exact) mass is 399 g/mol. The zero-order valence-corrected chi connectivity index (χ0v) is 16.7. The molecule has 150 valence electrons. The predicted molar refractivity (Wildman–Crippen MR) is 107 cm³/mol. The van der Waals surface area contributed by atoms with Crippen molar-refractivity contribution >= 4 is 22.9 Å². The van der Waals surface area contributed by atoms with Gasteiger partial charge in [-0.25, -0.2) is 0 Å². The van der Waals surface area contributed by atoms with E-state index in [0.717, 1.165) is 28.6 Å². The number of benzene rings is 2. The fourth-order valence-corrected chi connectivity index (χ4v) is 4.00. The lowest BCUT2D eigenvalue weighted by Crippen LogP contribution is -2.29. The number of fused-ring (bicyclic) bond motifs is 2. The van der Waals surface area contributed by atoms with Crippen molar-refractivity contribution in [3.8, 4) is 0 Å². The van der Waals surface area contributed by atoms with E-state index in [0.29, 0.717) is 11.5 Å². The predicted octanol–water partition coefficient (Wildman–Crippen LogP) is 5.60. The fraction of sp³-hybridized carbons (Fsp3) is 0.261. The minimum atomic E-state index is -4.36. The summed E-state index contributed by atoms with van der Waals surface area (Å²) in [6.45, 7) is 3.88. The number of likely N-dealkylation sites (N-methyl/N-ethyl adjacent to an activating group) is 1. The molecular weight excluding hydrogens is 377 g/mol. The molecule has 1 aliphatic rings. The third kappa shape index (κ3) is 3.12. The van der Waals surface area contributed by atoms with Crippen molar-refractivity contribution in [1.29, 1.82) is 0 Å². The quantitative estimate of drug-likeness (QED) is 0.523. The minimum absolute atomic E-state index is 0.550. The Morgan fingerprint density at radius 1 is 1.10 bits per heavy atom. The molecule has 0 radical (unpaired) electrons. The van der Waals surface area contributed by atoms with Gasteiger partial charge in [0.15, 0.2) is 0 Å². The van der Waals surface area contributed by atoms with Crippen LogP contribution < -0.4 is 9.47 Å². The molecule has 3 aromatic rings. The minimum Gasteiger partial charge on any atom is -0.398 e. The second kappa shape index (κ2) is 6.51. The number of aryl methyl sites for hydroxylation is 1. The van der Waals surface area contributed by atoms with Gasteiger partial charge in [0.1, 0.15) is 7.05 Å². The molecule has 0 amide bonds. The highest BCUT2D eigenvalue weighted by molar-refractivity contribution is 5.72. The van der Waals surface area contributed by atoms with Gasteiger partial charge in [0.2, 0.25) is 5.58 Å². The van der Waals surface area contributed by atoms with Gasteiger partial charge in [-0.2, -0.15) is 17.7 Å². The molecule has 0 saturated heterocycles. The van der Waals surface area contributed by atoms with Crippen molar-refractivity contribution in [2.45, 2.75) is 25.4 Å². The van der Waals surface area contributed by atoms with E-state index in [2.05, 4.69) is 0 Å². The molecule has 0 spiro atoms. The summed E-state index contributed by atoms with van der Waals surface area (Å²) in [5, 5.41) is 0. The lowest BCUT2D eigenvalue weighted by molar-refractivity contribution is -0.652. The molecule has 0 N–H and O–H groups in total. The summed E-state index contributed by atoms with van der Waals surface area (Å²) in [6, 6.07) is 11.7. The van der Waals surface area contributed by atoms with Crippen molar-refractivity contribution in [3.63, 3.8) is 0 Å². The van der Waals surface area contributed by atoms with Crippen LogP contribution in [-0.4, -0.2) is 7.05 Å². The Balaban J connectivity index is 1.70. The standard InChI is InChI=1S/C23H22F3N2O/c1-22(2)16-14-15(23(24,25)26)12-13-17(16)27(3)20(22)10-7-11-21-28(4)18-8-5-6-9-19(18)29-21/h5-14H,1-4H3/q+1. The first-order valence-corrected chi connectivity index (χ1v) is 9.32. The van der Waals surface area contributed by atoms with E-state index in [4.69, 9.17) is 4.42 Å². The Morgan fingerprint density at radius 2 is 1.83 bits per heavy atom. The summed E-state index contributed by atoms with van der Waals surface area (Å²) in [4.78, 5) is 1.94. The summed E-state index contributed by atoms with van der Waals surface area (Å²) in [6.07, 6.45) is 1.31. The Kier molecular flexibility index (Phi) is 4.33. The van der Waals surface area contributed by atoms with Gasteiger partial charge >= 0.3 is 12.1 Å². The molecule has 4 rings (SSSR count). The van der Waals surface area contributed by atoms with Crippen molar-refractivity contribution in [2.75, 3.05) is 11.9 Å². The van der Waals surface area contributed by atoms with Crippen LogP contribution in [0.2, 0.25) is 0 Å². The number of alkyl halides is 3. The maximum atomic E-state index is 13.2. The molecule has 29 heavy (non-hydrogen) atoms. The molecule has 0 fully saturated rings. The molecule has 1 aliphatic heterocycles. The topological polar surface area (TPSA) is 20.3 Å². The summed E-state index contributed by atoms with van der Waals surface area (Å²) >= 11 is 0. The maximum absolute atomic E-state index is 13.2. The van der Waals surface area contributed by atoms with Crippen LogP contribution in [0.4, 0.5) is 18.9 Å². The number of para-hydroxylation sites is 2. The molecule has 6 heteroatoms. The van der Waals surface area contributed by atoms with Crippen LogP contribution in [0.5, 0.6) is 0 Å². The second-order valence-electron chi connectivity index (χ2n) is 7.79. The molecule has 1 aromatic heterocycles. The zero-order valence-electron chi connectivity index (χ0n) is 16.7. The van der Waals surface area contributed by atoms with Gasteiger partial charge in [0.25, 0.3) is 5.52 Å². The van der Waals surface area contributed by atoms with Gasteiger partial charge in [-0.3, -0.25) is 0 Å².